The van der Waals surface area contributed by atoms with E-state index < -0.39 is 24.1 Å². The molecular weight excluding hydrogens is 399 g/mol. The number of carbonyl (C=O) groups excluding carboxylic acids is 1. The zero-order valence-electron chi connectivity index (χ0n) is 15.1. The van der Waals surface area contributed by atoms with Crippen LogP contribution in [0.5, 0.6) is 0 Å². The van der Waals surface area contributed by atoms with E-state index in [0.29, 0.717) is 22.6 Å². The van der Waals surface area contributed by atoms with Gasteiger partial charge in [-0.05, 0) is 42.5 Å². The topological polar surface area (TPSA) is 69.2 Å². The number of aromatic nitrogens is 2. The Morgan fingerprint density at radius 3 is 2.32 bits per heavy atom. The van der Waals surface area contributed by atoms with Crippen molar-refractivity contribution in [2.24, 2.45) is 0 Å². The molecule has 0 atom stereocenters. The first kappa shape index (κ1) is 22.2. The predicted octanol–water partition coefficient (Wildman–Crippen LogP) is -0.0677. The number of benzene rings is 2. The van der Waals surface area contributed by atoms with Gasteiger partial charge in [-0.2, -0.15) is 0 Å². The van der Waals surface area contributed by atoms with Crippen LogP contribution in [0.4, 0.5) is 14.6 Å². The smallest absolute Gasteiger partial charge is 0.548 e. The van der Waals surface area contributed by atoms with Crippen molar-refractivity contribution in [1.82, 2.24) is 9.97 Å². The average molecular weight is 412 g/mol. The fraction of sp³-hybridized carbons (Fsp3) is 0.105. The Bertz CT molecular complexity index is 1000. The Morgan fingerprint density at radius 2 is 1.71 bits per heavy atom. The number of hydrogen-bond donors (Lipinski definition) is 0. The number of hydrogen-bond acceptors (Lipinski definition) is 5. The van der Waals surface area contributed by atoms with Crippen LogP contribution >= 0.6 is 11.6 Å². The number of halogens is 3. The van der Waals surface area contributed by atoms with Gasteiger partial charge in [0.25, 0.3) is 0 Å². The fourth-order valence-electron chi connectivity index (χ4n) is 2.44. The van der Waals surface area contributed by atoms with E-state index in [4.69, 9.17) is 11.6 Å². The Balaban J connectivity index is 0.00000280. The molecule has 2 aromatic carbocycles. The van der Waals surface area contributed by atoms with Crippen LogP contribution in [0.2, 0.25) is 5.02 Å². The molecule has 0 radical (unpaired) electrons. The minimum atomic E-state index is -1.28. The molecule has 0 saturated carbocycles. The maximum absolute atomic E-state index is 13.8. The third kappa shape index (κ3) is 5.26. The Morgan fingerprint density at radius 1 is 1.07 bits per heavy atom. The second-order valence-corrected chi connectivity index (χ2v) is 6.21. The average Bonchev–Trinajstić information content (AvgIpc) is 2.63. The summed E-state index contributed by atoms with van der Waals surface area (Å²) in [6.45, 7) is -0.395. The van der Waals surface area contributed by atoms with E-state index in [1.54, 1.807) is 12.1 Å². The normalized spacial score (nSPS) is 10.3. The van der Waals surface area contributed by atoms with Crippen molar-refractivity contribution < 1.29 is 48.2 Å². The van der Waals surface area contributed by atoms with E-state index in [-0.39, 0.29) is 40.4 Å². The molecule has 138 valence electrons. The van der Waals surface area contributed by atoms with Gasteiger partial charge >= 0.3 is 29.6 Å². The largest absolute Gasteiger partial charge is 1.00 e. The van der Waals surface area contributed by atoms with Gasteiger partial charge in [-0.1, -0.05) is 11.6 Å². The zero-order chi connectivity index (χ0) is 19.6. The molecule has 0 amide bonds. The van der Waals surface area contributed by atoms with Crippen molar-refractivity contribution in [3.8, 4) is 22.6 Å². The molecule has 28 heavy (non-hydrogen) atoms. The Labute approximate surface area is 187 Å². The zero-order valence-corrected chi connectivity index (χ0v) is 17.9. The van der Waals surface area contributed by atoms with E-state index >= 15 is 0 Å². The Hall–Kier alpha value is -2.06. The van der Waals surface area contributed by atoms with Gasteiger partial charge in [-0.25, -0.2) is 18.7 Å². The molecule has 0 aliphatic carbocycles. The molecule has 0 N–H and O–H groups in total. The molecule has 0 bridgehead atoms. The quantitative estimate of drug-likeness (QED) is 0.550. The van der Waals surface area contributed by atoms with Crippen molar-refractivity contribution >= 4 is 23.4 Å². The number of carboxylic acid groups (broad SMARTS) is 1. The van der Waals surface area contributed by atoms with Gasteiger partial charge in [0.15, 0.2) is 5.82 Å². The standard InChI is InChI=1S/C19H14ClF2N3O2.Na/c1-25(10-18(26)27)17-9-16(11-2-5-13(21)6-3-11)23-19(24-17)12-4-7-14(20)15(22)8-12;/h2-9H,10H2,1H3,(H,26,27);/q;+1/p-1. The minimum Gasteiger partial charge on any atom is -0.548 e. The molecule has 3 rings (SSSR count). The van der Waals surface area contributed by atoms with Gasteiger partial charge in [0, 0.05) is 24.2 Å². The van der Waals surface area contributed by atoms with E-state index in [1.165, 1.54) is 48.3 Å². The van der Waals surface area contributed by atoms with Crippen molar-refractivity contribution in [2.75, 3.05) is 18.5 Å². The number of carboxylic acids is 1. The summed E-state index contributed by atoms with van der Waals surface area (Å²) in [5.74, 6) is -1.85. The van der Waals surface area contributed by atoms with E-state index in [0.717, 1.165) is 0 Å². The van der Waals surface area contributed by atoms with Crippen LogP contribution in [-0.2, 0) is 4.79 Å². The predicted molar refractivity (Wildman–Crippen MR) is 96.1 cm³/mol. The molecule has 1 aromatic heterocycles. The molecule has 5 nitrogen and oxygen atoms in total. The van der Waals surface area contributed by atoms with Gasteiger partial charge in [0.2, 0.25) is 0 Å². The van der Waals surface area contributed by atoms with Crippen LogP contribution in [0.1, 0.15) is 0 Å². The van der Waals surface area contributed by atoms with Gasteiger partial charge in [-0.3, -0.25) is 0 Å². The van der Waals surface area contributed by atoms with Crippen LogP contribution in [-0.4, -0.2) is 29.5 Å². The first-order valence-electron chi connectivity index (χ1n) is 7.85. The van der Waals surface area contributed by atoms with Crippen molar-refractivity contribution in [1.29, 1.82) is 0 Å². The Kier molecular flexibility index (Phi) is 7.48. The third-order valence-electron chi connectivity index (χ3n) is 3.79. The van der Waals surface area contributed by atoms with Crippen LogP contribution in [0.25, 0.3) is 22.6 Å². The summed E-state index contributed by atoms with van der Waals surface area (Å²) in [4.78, 5) is 21.0. The van der Waals surface area contributed by atoms with Crippen molar-refractivity contribution in [3.05, 3.63) is 65.2 Å². The van der Waals surface area contributed by atoms with Crippen LogP contribution < -0.4 is 39.6 Å². The van der Waals surface area contributed by atoms with Crippen molar-refractivity contribution in [3.63, 3.8) is 0 Å². The van der Waals surface area contributed by atoms with E-state index in [1.807, 2.05) is 0 Å². The number of carbonyl (C=O) groups is 1. The second-order valence-electron chi connectivity index (χ2n) is 5.80. The molecule has 0 fully saturated rings. The summed E-state index contributed by atoms with van der Waals surface area (Å²) in [6, 6.07) is 11.3. The molecule has 1 heterocycles. The van der Waals surface area contributed by atoms with Crippen LogP contribution in [0.3, 0.4) is 0 Å². The maximum Gasteiger partial charge on any atom is 1.00 e. The number of rotatable bonds is 5. The summed E-state index contributed by atoms with van der Waals surface area (Å²) in [5, 5.41) is 10.9. The molecule has 9 heteroatoms. The number of nitrogens with zero attached hydrogens (tertiary/aromatic N) is 3. The molecule has 0 aliphatic heterocycles. The first-order chi connectivity index (χ1) is 12.8. The molecule has 3 aromatic rings. The SMILES string of the molecule is CN(CC(=O)[O-])c1cc(-c2ccc(F)cc2)nc(-c2ccc(Cl)c(F)c2)n1.[Na+]. The van der Waals surface area contributed by atoms with E-state index in [9.17, 15) is 18.7 Å². The summed E-state index contributed by atoms with van der Waals surface area (Å²) >= 11 is 5.72. The van der Waals surface area contributed by atoms with E-state index in [2.05, 4.69) is 9.97 Å². The number of aliphatic carboxylic acids is 1. The summed E-state index contributed by atoms with van der Waals surface area (Å²) in [5.41, 5.74) is 1.39. The van der Waals surface area contributed by atoms with Gasteiger partial charge in [0.05, 0.1) is 23.2 Å². The first-order valence-corrected chi connectivity index (χ1v) is 8.22. The van der Waals surface area contributed by atoms with Gasteiger partial charge in [-0.15, -0.1) is 0 Å². The van der Waals surface area contributed by atoms with Gasteiger partial charge < -0.3 is 14.8 Å². The van der Waals surface area contributed by atoms with Crippen LogP contribution in [0.15, 0.2) is 48.5 Å². The fourth-order valence-corrected chi connectivity index (χ4v) is 2.56. The molecular formula is C19H13ClF2N3NaO2. The number of anilines is 1. The summed E-state index contributed by atoms with van der Waals surface area (Å²) in [6.07, 6.45) is 0. The molecule has 0 spiro atoms. The van der Waals surface area contributed by atoms with Crippen molar-refractivity contribution in [2.45, 2.75) is 0 Å². The van der Waals surface area contributed by atoms with Gasteiger partial charge in [0.1, 0.15) is 17.5 Å². The molecule has 0 aliphatic rings. The minimum absolute atomic E-state index is 0. The monoisotopic (exact) mass is 411 g/mol. The third-order valence-corrected chi connectivity index (χ3v) is 4.09. The summed E-state index contributed by atoms with van der Waals surface area (Å²) in [7, 11) is 1.53. The van der Waals surface area contributed by atoms with Crippen LogP contribution in [0, 0.1) is 11.6 Å². The summed E-state index contributed by atoms with van der Waals surface area (Å²) < 4.78 is 27.1. The second kappa shape index (κ2) is 9.43. The molecule has 0 saturated heterocycles. The number of likely N-dealkylation sites (N-methyl/N-ethyl adjacent to an activating group) is 1. The molecule has 0 unspecified atom stereocenters. The maximum atomic E-state index is 13.8.